The van der Waals surface area contributed by atoms with Crippen LogP contribution in [0.2, 0.25) is 0 Å². The highest BCUT2D eigenvalue weighted by atomic mass is 32.1. The van der Waals surface area contributed by atoms with E-state index in [4.69, 9.17) is 4.74 Å². The van der Waals surface area contributed by atoms with Crippen molar-refractivity contribution in [3.63, 3.8) is 0 Å². The fourth-order valence-corrected chi connectivity index (χ4v) is 2.83. The van der Waals surface area contributed by atoms with E-state index in [2.05, 4.69) is 5.32 Å². The summed E-state index contributed by atoms with van der Waals surface area (Å²) in [6.07, 6.45) is 0.842. The molecule has 1 N–H and O–H groups in total. The second-order valence-electron chi connectivity index (χ2n) is 4.26. The zero-order valence-corrected chi connectivity index (χ0v) is 12.1. The first-order valence-corrected chi connectivity index (χ1v) is 7.16. The first-order chi connectivity index (χ1) is 9.65. The molecule has 1 atom stereocenters. The second-order valence-corrected chi connectivity index (χ2v) is 5.24. The molecule has 0 fully saturated rings. The molecule has 1 heterocycles. The number of nitro groups is 1. The molecule has 0 radical (unpaired) electrons. The summed E-state index contributed by atoms with van der Waals surface area (Å²) in [7, 11) is 1.54. The molecule has 0 aliphatic carbocycles. The van der Waals surface area contributed by atoms with Crippen LogP contribution in [-0.2, 0) is 0 Å². The minimum atomic E-state index is -0.386. The van der Waals surface area contributed by atoms with Crippen LogP contribution >= 0.6 is 11.3 Å². The fraction of sp³-hybridized carbons (Fsp3) is 0.286. The fourth-order valence-electron chi connectivity index (χ4n) is 1.97. The number of methoxy groups -OCH3 is 1. The van der Waals surface area contributed by atoms with Crippen molar-refractivity contribution in [2.24, 2.45) is 0 Å². The van der Waals surface area contributed by atoms with Crippen LogP contribution in [0.4, 0.5) is 11.4 Å². The van der Waals surface area contributed by atoms with E-state index < -0.39 is 0 Å². The number of hydrogen-bond acceptors (Lipinski definition) is 5. The number of thiophene rings is 1. The SMILES string of the molecule is CCC(Nc1cc(OC)ccc1[N+](=O)[O-])c1cccs1. The van der Waals surface area contributed by atoms with Gasteiger partial charge in [-0.3, -0.25) is 10.1 Å². The largest absolute Gasteiger partial charge is 0.497 e. The Bertz CT molecular complexity index is 584. The van der Waals surface area contributed by atoms with E-state index in [0.29, 0.717) is 11.4 Å². The molecule has 106 valence electrons. The molecule has 1 aromatic heterocycles. The predicted octanol–water partition coefficient (Wildman–Crippen LogP) is 4.23. The lowest BCUT2D eigenvalue weighted by molar-refractivity contribution is -0.384. The standard InChI is InChI=1S/C14H16N2O3S/c1-3-11(14-5-4-8-20-14)15-12-9-10(19-2)6-7-13(12)16(17)18/h4-9,11,15H,3H2,1-2H3. The Morgan fingerprint density at radius 1 is 1.45 bits per heavy atom. The first kappa shape index (κ1) is 14.3. The van der Waals surface area contributed by atoms with Crippen LogP contribution in [0.1, 0.15) is 24.3 Å². The van der Waals surface area contributed by atoms with Gasteiger partial charge < -0.3 is 10.1 Å². The number of ether oxygens (including phenoxy) is 1. The van der Waals surface area contributed by atoms with E-state index >= 15 is 0 Å². The molecule has 0 spiro atoms. The zero-order valence-electron chi connectivity index (χ0n) is 11.3. The van der Waals surface area contributed by atoms with Gasteiger partial charge in [-0.1, -0.05) is 13.0 Å². The molecule has 20 heavy (non-hydrogen) atoms. The van der Waals surface area contributed by atoms with Crippen molar-refractivity contribution in [3.05, 3.63) is 50.7 Å². The molecular formula is C14H16N2O3S. The van der Waals surface area contributed by atoms with Gasteiger partial charge in [0.25, 0.3) is 5.69 Å². The number of rotatable bonds is 6. The van der Waals surface area contributed by atoms with Gasteiger partial charge in [0.1, 0.15) is 11.4 Å². The van der Waals surface area contributed by atoms with Crippen molar-refractivity contribution in [2.75, 3.05) is 12.4 Å². The lowest BCUT2D eigenvalue weighted by Crippen LogP contribution is -2.09. The van der Waals surface area contributed by atoms with Gasteiger partial charge in [-0.05, 0) is 23.9 Å². The number of anilines is 1. The summed E-state index contributed by atoms with van der Waals surface area (Å²) < 4.78 is 5.14. The number of nitro benzene ring substituents is 1. The van der Waals surface area contributed by atoms with Crippen molar-refractivity contribution in [3.8, 4) is 5.75 Å². The minimum absolute atomic E-state index is 0.0563. The second kappa shape index (κ2) is 6.38. The van der Waals surface area contributed by atoms with Gasteiger partial charge in [0.05, 0.1) is 18.1 Å². The summed E-state index contributed by atoms with van der Waals surface area (Å²) in [5.41, 5.74) is 0.537. The van der Waals surface area contributed by atoms with E-state index in [0.717, 1.165) is 11.3 Å². The van der Waals surface area contributed by atoms with Crippen LogP contribution in [0.5, 0.6) is 5.75 Å². The van der Waals surface area contributed by atoms with E-state index in [9.17, 15) is 10.1 Å². The summed E-state index contributed by atoms with van der Waals surface area (Å²) in [6, 6.07) is 8.77. The highest BCUT2D eigenvalue weighted by Gasteiger charge is 2.18. The third-order valence-electron chi connectivity index (χ3n) is 3.03. The first-order valence-electron chi connectivity index (χ1n) is 6.28. The van der Waals surface area contributed by atoms with Crippen LogP contribution in [0.3, 0.4) is 0 Å². The van der Waals surface area contributed by atoms with Gasteiger partial charge in [-0.25, -0.2) is 0 Å². The minimum Gasteiger partial charge on any atom is -0.497 e. The van der Waals surface area contributed by atoms with Gasteiger partial charge in [0.2, 0.25) is 0 Å². The lowest BCUT2D eigenvalue weighted by atomic mass is 10.1. The molecule has 2 rings (SSSR count). The maximum atomic E-state index is 11.1. The summed E-state index contributed by atoms with van der Waals surface area (Å²) >= 11 is 1.64. The maximum Gasteiger partial charge on any atom is 0.292 e. The molecule has 0 saturated heterocycles. The third-order valence-corrected chi connectivity index (χ3v) is 4.01. The van der Waals surface area contributed by atoms with Crippen molar-refractivity contribution in [1.82, 2.24) is 0 Å². The van der Waals surface area contributed by atoms with Crippen molar-refractivity contribution >= 4 is 22.7 Å². The van der Waals surface area contributed by atoms with E-state index in [-0.39, 0.29) is 16.7 Å². The normalized spacial score (nSPS) is 11.9. The number of hydrogen-bond donors (Lipinski definition) is 1. The van der Waals surface area contributed by atoms with Gasteiger partial charge in [0.15, 0.2) is 0 Å². The molecule has 0 aliphatic heterocycles. The van der Waals surface area contributed by atoms with Gasteiger partial charge in [0, 0.05) is 17.0 Å². The average molecular weight is 292 g/mol. The van der Waals surface area contributed by atoms with E-state index in [1.807, 2.05) is 24.4 Å². The third kappa shape index (κ3) is 3.08. The highest BCUT2D eigenvalue weighted by molar-refractivity contribution is 7.10. The molecule has 1 aromatic carbocycles. The Balaban J connectivity index is 2.33. The van der Waals surface area contributed by atoms with Crippen LogP contribution in [-0.4, -0.2) is 12.0 Å². The van der Waals surface area contributed by atoms with Gasteiger partial charge >= 0.3 is 0 Å². The molecule has 0 amide bonds. The molecule has 5 nitrogen and oxygen atoms in total. The van der Waals surface area contributed by atoms with Crippen LogP contribution < -0.4 is 10.1 Å². The monoisotopic (exact) mass is 292 g/mol. The van der Waals surface area contributed by atoms with Crippen LogP contribution in [0.15, 0.2) is 35.7 Å². The highest BCUT2D eigenvalue weighted by Crippen LogP contribution is 2.33. The Kier molecular flexibility index (Phi) is 4.57. The number of benzene rings is 1. The van der Waals surface area contributed by atoms with Crippen LogP contribution in [0, 0.1) is 10.1 Å². The smallest absolute Gasteiger partial charge is 0.292 e. The molecule has 1 unspecified atom stereocenters. The lowest BCUT2D eigenvalue weighted by Gasteiger charge is -2.17. The summed E-state index contributed by atoms with van der Waals surface area (Å²) in [6.45, 7) is 2.05. The Labute approximate surface area is 121 Å². The molecule has 0 saturated carbocycles. The summed E-state index contributed by atoms with van der Waals surface area (Å²) in [5, 5.41) is 16.3. The van der Waals surface area contributed by atoms with Crippen LogP contribution in [0.25, 0.3) is 0 Å². The number of nitrogens with zero attached hydrogens (tertiary/aromatic N) is 1. The van der Waals surface area contributed by atoms with Crippen molar-refractivity contribution in [1.29, 1.82) is 0 Å². The predicted molar refractivity (Wildman–Crippen MR) is 80.6 cm³/mol. The van der Waals surface area contributed by atoms with Gasteiger partial charge in [-0.15, -0.1) is 11.3 Å². The Hall–Kier alpha value is -2.08. The van der Waals surface area contributed by atoms with Crippen molar-refractivity contribution < 1.29 is 9.66 Å². The molecular weight excluding hydrogens is 276 g/mol. The maximum absolute atomic E-state index is 11.1. The molecule has 0 bridgehead atoms. The summed E-state index contributed by atoms with van der Waals surface area (Å²) in [5.74, 6) is 0.596. The van der Waals surface area contributed by atoms with Crippen molar-refractivity contribution in [2.45, 2.75) is 19.4 Å². The molecule has 2 aromatic rings. The van der Waals surface area contributed by atoms with E-state index in [1.165, 1.54) is 6.07 Å². The average Bonchev–Trinajstić information content (AvgIpc) is 2.98. The topological polar surface area (TPSA) is 64.4 Å². The van der Waals surface area contributed by atoms with Gasteiger partial charge in [-0.2, -0.15) is 0 Å². The van der Waals surface area contributed by atoms with E-state index in [1.54, 1.807) is 30.6 Å². The number of nitrogens with one attached hydrogen (secondary N) is 1. The summed E-state index contributed by atoms with van der Waals surface area (Å²) in [4.78, 5) is 11.9. The quantitative estimate of drug-likeness (QED) is 0.639. The Morgan fingerprint density at radius 2 is 2.25 bits per heavy atom. The molecule has 6 heteroatoms. The zero-order chi connectivity index (χ0) is 14.5. The Morgan fingerprint density at radius 3 is 2.80 bits per heavy atom. The molecule has 0 aliphatic rings.